The molecule has 0 aliphatic heterocycles. The van der Waals surface area contributed by atoms with Crippen LogP contribution >= 0.6 is 0 Å². The summed E-state index contributed by atoms with van der Waals surface area (Å²) in [5.41, 5.74) is 8.44. The molecule has 1 aromatic carbocycles. The van der Waals surface area contributed by atoms with Gasteiger partial charge in [0.2, 0.25) is 0 Å². The van der Waals surface area contributed by atoms with Crippen LogP contribution in [0.15, 0.2) is 24.3 Å². The van der Waals surface area contributed by atoms with Crippen molar-refractivity contribution in [2.24, 2.45) is 5.73 Å². The molecule has 104 valence electrons. The van der Waals surface area contributed by atoms with Crippen molar-refractivity contribution in [2.75, 3.05) is 0 Å². The summed E-state index contributed by atoms with van der Waals surface area (Å²) < 4.78 is 0. The summed E-state index contributed by atoms with van der Waals surface area (Å²) >= 11 is 0. The number of nitrogens with zero attached hydrogens (tertiary/aromatic N) is 1. The van der Waals surface area contributed by atoms with Crippen LogP contribution in [-0.4, -0.2) is 5.54 Å². The minimum atomic E-state index is -0.317. The molecule has 2 heteroatoms. The third kappa shape index (κ3) is 3.81. The minimum Gasteiger partial charge on any atom is -0.324 e. The second kappa shape index (κ2) is 7.31. The molecule has 1 saturated carbocycles. The Hall–Kier alpha value is -1.33. The van der Waals surface area contributed by atoms with Crippen LogP contribution in [0.4, 0.5) is 0 Å². The molecule has 1 aromatic rings. The standard InChI is InChI=1S/C15H20N2.C2H6/c1-12-5-7-13(8-6-12)14(11-16)15(17)9-3-2-4-10-15;1-2/h5-8,14H,2-4,9-10,17H2,1H3;1-2H3. The lowest BCUT2D eigenvalue weighted by molar-refractivity contribution is 0.274. The van der Waals surface area contributed by atoms with E-state index in [0.717, 1.165) is 31.2 Å². The van der Waals surface area contributed by atoms with E-state index in [4.69, 9.17) is 5.73 Å². The van der Waals surface area contributed by atoms with E-state index >= 15 is 0 Å². The van der Waals surface area contributed by atoms with Crippen molar-refractivity contribution < 1.29 is 0 Å². The molecule has 1 unspecified atom stereocenters. The molecule has 0 bridgehead atoms. The van der Waals surface area contributed by atoms with Gasteiger partial charge in [0.1, 0.15) is 0 Å². The first-order valence-electron chi connectivity index (χ1n) is 7.41. The molecule has 0 spiro atoms. The maximum atomic E-state index is 9.44. The summed E-state index contributed by atoms with van der Waals surface area (Å²) in [7, 11) is 0. The Kier molecular flexibility index (Phi) is 6.05. The zero-order valence-electron chi connectivity index (χ0n) is 12.4. The van der Waals surface area contributed by atoms with E-state index in [-0.39, 0.29) is 11.5 Å². The number of benzene rings is 1. The molecule has 0 aromatic heterocycles. The van der Waals surface area contributed by atoms with E-state index in [1.54, 1.807) is 0 Å². The molecule has 19 heavy (non-hydrogen) atoms. The number of hydrogen-bond acceptors (Lipinski definition) is 2. The van der Waals surface area contributed by atoms with E-state index in [9.17, 15) is 5.26 Å². The van der Waals surface area contributed by atoms with E-state index < -0.39 is 0 Å². The Morgan fingerprint density at radius 2 is 1.63 bits per heavy atom. The van der Waals surface area contributed by atoms with Crippen LogP contribution in [0.1, 0.15) is 63.0 Å². The first-order chi connectivity index (χ1) is 9.15. The van der Waals surface area contributed by atoms with Gasteiger partial charge in [-0.25, -0.2) is 0 Å². The van der Waals surface area contributed by atoms with Gasteiger partial charge in [-0.3, -0.25) is 0 Å². The van der Waals surface area contributed by atoms with Crippen molar-refractivity contribution >= 4 is 0 Å². The summed E-state index contributed by atoms with van der Waals surface area (Å²) in [6.07, 6.45) is 5.50. The van der Waals surface area contributed by atoms with Gasteiger partial charge in [-0.1, -0.05) is 62.9 Å². The van der Waals surface area contributed by atoms with Crippen LogP contribution < -0.4 is 5.73 Å². The fourth-order valence-electron chi connectivity index (χ4n) is 2.79. The lowest BCUT2D eigenvalue weighted by Crippen LogP contribution is -2.46. The first-order valence-corrected chi connectivity index (χ1v) is 7.41. The fourth-order valence-corrected chi connectivity index (χ4v) is 2.79. The summed E-state index contributed by atoms with van der Waals surface area (Å²) in [5.74, 6) is -0.164. The van der Waals surface area contributed by atoms with E-state index in [2.05, 4.69) is 25.1 Å². The average Bonchev–Trinajstić information content (AvgIpc) is 2.44. The number of aryl methyl sites for hydroxylation is 1. The molecule has 0 saturated heterocycles. The quantitative estimate of drug-likeness (QED) is 0.860. The molecule has 0 heterocycles. The van der Waals surface area contributed by atoms with Crippen molar-refractivity contribution in [2.45, 2.75) is 64.3 Å². The van der Waals surface area contributed by atoms with Crippen LogP contribution in [0.3, 0.4) is 0 Å². The fraction of sp³-hybridized carbons (Fsp3) is 0.588. The summed E-state index contributed by atoms with van der Waals surface area (Å²) in [6.45, 7) is 6.06. The monoisotopic (exact) mass is 258 g/mol. The molecule has 1 aliphatic carbocycles. The lowest BCUT2D eigenvalue weighted by atomic mass is 9.71. The highest BCUT2D eigenvalue weighted by Crippen LogP contribution is 2.37. The normalized spacial score (nSPS) is 18.7. The number of nitriles is 1. The zero-order chi connectivity index (χ0) is 14.3. The third-order valence-corrected chi connectivity index (χ3v) is 3.90. The molecule has 1 aliphatic rings. The first kappa shape index (κ1) is 15.7. The van der Waals surface area contributed by atoms with E-state index in [1.807, 2.05) is 26.0 Å². The molecule has 0 radical (unpaired) electrons. The second-order valence-electron chi connectivity index (χ2n) is 5.27. The van der Waals surface area contributed by atoms with Crippen molar-refractivity contribution in [3.8, 4) is 6.07 Å². The van der Waals surface area contributed by atoms with Gasteiger partial charge in [-0.05, 0) is 25.3 Å². The largest absolute Gasteiger partial charge is 0.324 e. The topological polar surface area (TPSA) is 49.8 Å². The van der Waals surface area contributed by atoms with Crippen molar-refractivity contribution in [1.29, 1.82) is 5.26 Å². The Labute approximate surface area is 117 Å². The van der Waals surface area contributed by atoms with Gasteiger partial charge in [0.05, 0.1) is 12.0 Å². The van der Waals surface area contributed by atoms with Crippen molar-refractivity contribution in [3.63, 3.8) is 0 Å². The predicted octanol–water partition coefficient (Wildman–Crippen LogP) is 4.29. The van der Waals surface area contributed by atoms with Crippen LogP contribution in [0.25, 0.3) is 0 Å². The highest BCUT2D eigenvalue weighted by Gasteiger charge is 2.37. The van der Waals surface area contributed by atoms with Gasteiger partial charge in [0.25, 0.3) is 0 Å². The zero-order valence-corrected chi connectivity index (χ0v) is 12.4. The van der Waals surface area contributed by atoms with Gasteiger partial charge in [0.15, 0.2) is 0 Å². The van der Waals surface area contributed by atoms with E-state index in [0.29, 0.717) is 0 Å². The Bertz CT molecular complexity index is 408. The molecule has 2 rings (SSSR count). The van der Waals surface area contributed by atoms with Crippen LogP contribution in [0.2, 0.25) is 0 Å². The summed E-state index contributed by atoms with van der Waals surface area (Å²) in [5, 5.41) is 9.44. The maximum Gasteiger partial charge on any atom is 0.0892 e. The van der Waals surface area contributed by atoms with Crippen LogP contribution in [-0.2, 0) is 0 Å². The van der Waals surface area contributed by atoms with Crippen LogP contribution in [0, 0.1) is 18.3 Å². The highest BCUT2D eigenvalue weighted by molar-refractivity contribution is 5.32. The number of hydrogen-bond donors (Lipinski definition) is 1. The molecule has 1 atom stereocenters. The van der Waals surface area contributed by atoms with Gasteiger partial charge in [-0.2, -0.15) is 5.26 Å². The molecule has 2 N–H and O–H groups in total. The molecule has 0 amide bonds. The highest BCUT2D eigenvalue weighted by atomic mass is 14.8. The SMILES string of the molecule is CC.Cc1ccc(C(C#N)C2(N)CCCCC2)cc1. The van der Waals surface area contributed by atoms with Crippen LogP contribution in [0.5, 0.6) is 0 Å². The predicted molar refractivity (Wildman–Crippen MR) is 80.9 cm³/mol. The Morgan fingerprint density at radius 1 is 1.11 bits per heavy atom. The number of nitrogens with two attached hydrogens (primary N) is 1. The third-order valence-electron chi connectivity index (χ3n) is 3.90. The van der Waals surface area contributed by atoms with Gasteiger partial charge >= 0.3 is 0 Å². The molecular formula is C17H26N2. The average molecular weight is 258 g/mol. The van der Waals surface area contributed by atoms with Gasteiger partial charge in [-0.15, -0.1) is 0 Å². The van der Waals surface area contributed by atoms with E-state index in [1.165, 1.54) is 12.0 Å². The maximum absolute atomic E-state index is 9.44. The summed E-state index contributed by atoms with van der Waals surface area (Å²) in [4.78, 5) is 0. The second-order valence-corrected chi connectivity index (χ2v) is 5.27. The molecular weight excluding hydrogens is 232 g/mol. The Morgan fingerprint density at radius 3 is 2.11 bits per heavy atom. The molecule has 1 fully saturated rings. The Balaban J connectivity index is 0.000000861. The van der Waals surface area contributed by atoms with Gasteiger partial charge in [0, 0.05) is 5.54 Å². The van der Waals surface area contributed by atoms with Crippen molar-refractivity contribution in [3.05, 3.63) is 35.4 Å². The summed E-state index contributed by atoms with van der Waals surface area (Å²) in [6, 6.07) is 10.6. The number of rotatable bonds is 2. The molecule has 2 nitrogen and oxygen atoms in total. The minimum absolute atomic E-state index is 0.164. The smallest absolute Gasteiger partial charge is 0.0892 e. The lowest BCUT2D eigenvalue weighted by Gasteiger charge is -2.37. The van der Waals surface area contributed by atoms with Gasteiger partial charge < -0.3 is 5.73 Å². The van der Waals surface area contributed by atoms with Crippen molar-refractivity contribution in [1.82, 2.24) is 0 Å².